The van der Waals surface area contributed by atoms with Crippen LogP contribution in [-0.2, 0) is 0 Å². The first kappa shape index (κ1) is 14.9. The molecule has 0 bridgehead atoms. The molecule has 4 nitrogen and oxygen atoms in total. The third-order valence-corrected chi connectivity index (χ3v) is 3.19. The number of carbonyl (C=O) groups is 1. The highest BCUT2D eigenvalue weighted by Gasteiger charge is 2.17. The van der Waals surface area contributed by atoms with Crippen LogP contribution >= 0.6 is 0 Å². The molecule has 21 heavy (non-hydrogen) atoms. The van der Waals surface area contributed by atoms with Gasteiger partial charge in [-0.1, -0.05) is 19.1 Å². The first-order valence-corrected chi connectivity index (χ1v) is 6.97. The maximum absolute atomic E-state index is 12.7. The lowest BCUT2D eigenvalue weighted by Gasteiger charge is -2.23. The van der Waals surface area contributed by atoms with E-state index in [9.17, 15) is 4.79 Å². The Bertz CT molecular complexity index is 626. The Morgan fingerprint density at radius 1 is 1.19 bits per heavy atom. The summed E-state index contributed by atoms with van der Waals surface area (Å²) in [5.74, 6) is 0.617. The van der Waals surface area contributed by atoms with Gasteiger partial charge in [-0.05, 0) is 42.8 Å². The van der Waals surface area contributed by atoms with Gasteiger partial charge in [0.2, 0.25) is 0 Å². The summed E-state index contributed by atoms with van der Waals surface area (Å²) in [5.41, 5.74) is 7.88. The number of carbonyl (C=O) groups excluding carboxylic acids is 1. The molecule has 2 rings (SSSR count). The van der Waals surface area contributed by atoms with Gasteiger partial charge in [0.05, 0.1) is 7.11 Å². The first-order chi connectivity index (χ1) is 10.2. The van der Waals surface area contributed by atoms with Gasteiger partial charge in [0.15, 0.2) is 0 Å². The number of amides is 1. The minimum absolute atomic E-state index is 0.0543. The molecule has 110 valence electrons. The molecule has 2 aromatic carbocycles. The molecule has 1 amide bonds. The second kappa shape index (κ2) is 6.79. The molecule has 0 heterocycles. The van der Waals surface area contributed by atoms with Gasteiger partial charge in [0, 0.05) is 23.5 Å². The van der Waals surface area contributed by atoms with E-state index < -0.39 is 0 Å². The molecule has 2 aromatic rings. The van der Waals surface area contributed by atoms with Crippen LogP contribution in [0.25, 0.3) is 0 Å². The third-order valence-electron chi connectivity index (χ3n) is 3.19. The highest BCUT2D eigenvalue weighted by Crippen LogP contribution is 2.22. The molecule has 0 saturated carbocycles. The fraction of sp³-hybridized carbons (Fsp3) is 0.235. The van der Waals surface area contributed by atoms with E-state index in [1.165, 1.54) is 0 Å². The third kappa shape index (κ3) is 3.54. The van der Waals surface area contributed by atoms with Crippen molar-refractivity contribution in [1.29, 1.82) is 0 Å². The van der Waals surface area contributed by atoms with Crippen molar-refractivity contribution in [1.82, 2.24) is 0 Å². The van der Waals surface area contributed by atoms with E-state index in [0.717, 1.165) is 12.1 Å². The number of anilines is 2. The standard InChI is InChI=1S/C17H20N2O2/c1-3-10-19(15-8-5-7-14(18)12-15)17(20)13-6-4-9-16(11-13)21-2/h4-9,11-12H,3,10,18H2,1-2H3. The fourth-order valence-electron chi connectivity index (χ4n) is 2.18. The SMILES string of the molecule is CCCN(C(=O)c1cccc(OC)c1)c1cccc(N)c1. The quantitative estimate of drug-likeness (QED) is 0.857. The summed E-state index contributed by atoms with van der Waals surface area (Å²) in [6.45, 7) is 2.68. The summed E-state index contributed by atoms with van der Waals surface area (Å²) in [6, 6.07) is 14.5. The van der Waals surface area contributed by atoms with Crippen LogP contribution in [0.2, 0.25) is 0 Å². The molecule has 0 aliphatic rings. The van der Waals surface area contributed by atoms with Crippen LogP contribution in [0.1, 0.15) is 23.7 Å². The predicted octanol–water partition coefficient (Wildman–Crippen LogP) is 3.33. The van der Waals surface area contributed by atoms with Crippen LogP contribution in [0, 0.1) is 0 Å². The fourth-order valence-corrected chi connectivity index (χ4v) is 2.18. The topological polar surface area (TPSA) is 55.6 Å². The Morgan fingerprint density at radius 2 is 1.95 bits per heavy atom. The van der Waals surface area contributed by atoms with E-state index in [0.29, 0.717) is 23.5 Å². The minimum atomic E-state index is -0.0543. The van der Waals surface area contributed by atoms with Crippen molar-refractivity contribution in [2.45, 2.75) is 13.3 Å². The maximum Gasteiger partial charge on any atom is 0.258 e. The van der Waals surface area contributed by atoms with E-state index >= 15 is 0 Å². The zero-order chi connectivity index (χ0) is 15.2. The van der Waals surface area contributed by atoms with E-state index in [2.05, 4.69) is 0 Å². The van der Waals surface area contributed by atoms with Crippen molar-refractivity contribution in [2.75, 3.05) is 24.3 Å². The van der Waals surface area contributed by atoms with Gasteiger partial charge in [-0.25, -0.2) is 0 Å². The van der Waals surface area contributed by atoms with Crippen LogP contribution in [0.15, 0.2) is 48.5 Å². The molecule has 0 aromatic heterocycles. The minimum Gasteiger partial charge on any atom is -0.497 e. The molecule has 0 unspecified atom stereocenters. The van der Waals surface area contributed by atoms with E-state index in [1.54, 1.807) is 24.1 Å². The summed E-state index contributed by atoms with van der Waals surface area (Å²) >= 11 is 0. The lowest BCUT2D eigenvalue weighted by Crippen LogP contribution is -2.31. The molecular formula is C17H20N2O2. The normalized spacial score (nSPS) is 10.2. The largest absolute Gasteiger partial charge is 0.497 e. The number of benzene rings is 2. The number of nitrogens with zero attached hydrogens (tertiary/aromatic N) is 1. The second-order valence-corrected chi connectivity index (χ2v) is 4.78. The predicted molar refractivity (Wildman–Crippen MR) is 85.8 cm³/mol. The van der Waals surface area contributed by atoms with Crippen LogP contribution in [0.5, 0.6) is 5.75 Å². The van der Waals surface area contributed by atoms with Crippen molar-refractivity contribution in [2.24, 2.45) is 0 Å². The van der Waals surface area contributed by atoms with Crippen LogP contribution in [0.3, 0.4) is 0 Å². The summed E-state index contributed by atoms with van der Waals surface area (Å²) in [5, 5.41) is 0. The van der Waals surface area contributed by atoms with Crippen molar-refractivity contribution >= 4 is 17.3 Å². The van der Waals surface area contributed by atoms with Gasteiger partial charge in [0.1, 0.15) is 5.75 Å². The number of ether oxygens (including phenoxy) is 1. The van der Waals surface area contributed by atoms with Gasteiger partial charge in [0.25, 0.3) is 5.91 Å². The molecular weight excluding hydrogens is 264 g/mol. The molecule has 2 N–H and O–H groups in total. The summed E-state index contributed by atoms with van der Waals surface area (Å²) in [4.78, 5) is 14.5. The number of rotatable bonds is 5. The van der Waals surface area contributed by atoms with Crippen molar-refractivity contribution in [3.63, 3.8) is 0 Å². The summed E-state index contributed by atoms with van der Waals surface area (Å²) < 4.78 is 5.18. The van der Waals surface area contributed by atoms with Crippen molar-refractivity contribution in [3.05, 3.63) is 54.1 Å². The number of nitrogens with two attached hydrogens (primary N) is 1. The van der Waals surface area contributed by atoms with Gasteiger partial charge >= 0.3 is 0 Å². The zero-order valence-corrected chi connectivity index (χ0v) is 12.4. The van der Waals surface area contributed by atoms with Crippen molar-refractivity contribution in [3.8, 4) is 5.75 Å². The molecule has 0 aliphatic heterocycles. The maximum atomic E-state index is 12.7. The Morgan fingerprint density at radius 3 is 2.62 bits per heavy atom. The summed E-state index contributed by atoms with van der Waals surface area (Å²) in [7, 11) is 1.59. The first-order valence-electron chi connectivity index (χ1n) is 6.97. The Kier molecular flexibility index (Phi) is 4.82. The molecule has 0 radical (unpaired) electrons. The smallest absolute Gasteiger partial charge is 0.258 e. The molecule has 0 atom stereocenters. The van der Waals surface area contributed by atoms with Crippen LogP contribution in [0.4, 0.5) is 11.4 Å². The van der Waals surface area contributed by atoms with Gasteiger partial charge < -0.3 is 15.4 Å². The van der Waals surface area contributed by atoms with Gasteiger partial charge in [-0.3, -0.25) is 4.79 Å². The van der Waals surface area contributed by atoms with E-state index in [-0.39, 0.29) is 5.91 Å². The highest BCUT2D eigenvalue weighted by molar-refractivity contribution is 6.06. The van der Waals surface area contributed by atoms with E-state index in [1.807, 2.05) is 43.3 Å². The van der Waals surface area contributed by atoms with Gasteiger partial charge in [-0.15, -0.1) is 0 Å². The highest BCUT2D eigenvalue weighted by atomic mass is 16.5. The van der Waals surface area contributed by atoms with Crippen LogP contribution in [-0.4, -0.2) is 19.6 Å². The van der Waals surface area contributed by atoms with Crippen molar-refractivity contribution < 1.29 is 9.53 Å². The number of nitrogen functional groups attached to an aromatic ring is 1. The summed E-state index contributed by atoms with van der Waals surface area (Å²) in [6.07, 6.45) is 0.866. The van der Waals surface area contributed by atoms with Gasteiger partial charge in [-0.2, -0.15) is 0 Å². The zero-order valence-electron chi connectivity index (χ0n) is 12.4. The molecule has 0 spiro atoms. The molecule has 0 fully saturated rings. The number of methoxy groups -OCH3 is 1. The Balaban J connectivity index is 2.35. The lowest BCUT2D eigenvalue weighted by molar-refractivity contribution is 0.0986. The molecule has 0 saturated heterocycles. The second-order valence-electron chi connectivity index (χ2n) is 4.78. The van der Waals surface area contributed by atoms with E-state index in [4.69, 9.17) is 10.5 Å². The molecule has 4 heteroatoms. The average molecular weight is 284 g/mol. The Labute approximate surface area is 125 Å². The molecule has 0 aliphatic carbocycles. The monoisotopic (exact) mass is 284 g/mol. The Hall–Kier alpha value is -2.49. The number of hydrogen-bond acceptors (Lipinski definition) is 3. The van der Waals surface area contributed by atoms with Crippen LogP contribution < -0.4 is 15.4 Å². The lowest BCUT2D eigenvalue weighted by atomic mass is 10.1. The number of hydrogen-bond donors (Lipinski definition) is 1. The average Bonchev–Trinajstić information content (AvgIpc) is 2.52.